The fourth-order valence-electron chi connectivity index (χ4n) is 1.60. The third kappa shape index (κ3) is 6.60. The molecule has 0 bridgehead atoms. The highest BCUT2D eigenvalue weighted by molar-refractivity contribution is 6.35. The molecule has 4 heteroatoms. The van der Waals surface area contributed by atoms with Gasteiger partial charge in [-0.1, -0.05) is 44.2 Å². The Morgan fingerprint density at radius 3 is 2.16 bits per heavy atom. The highest BCUT2D eigenvalue weighted by Crippen LogP contribution is 1.98. The van der Waals surface area contributed by atoms with Crippen LogP contribution in [0.4, 0.5) is 0 Å². The SMILES string of the molecule is CC(C)CCNC(=O)C(=O)NCCc1ccccc1. The molecule has 0 aliphatic heterocycles. The summed E-state index contributed by atoms with van der Waals surface area (Å²) in [6.45, 7) is 5.17. The molecule has 4 nitrogen and oxygen atoms in total. The molecule has 0 aromatic heterocycles. The van der Waals surface area contributed by atoms with E-state index in [1.807, 2.05) is 30.3 Å². The van der Waals surface area contributed by atoms with Gasteiger partial charge in [-0.2, -0.15) is 0 Å². The minimum Gasteiger partial charge on any atom is -0.348 e. The van der Waals surface area contributed by atoms with E-state index in [0.29, 0.717) is 19.0 Å². The lowest BCUT2D eigenvalue weighted by atomic mass is 10.1. The van der Waals surface area contributed by atoms with Gasteiger partial charge < -0.3 is 10.6 Å². The molecule has 0 unspecified atom stereocenters. The monoisotopic (exact) mass is 262 g/mol. The number of hydrogen-bond donors (Lipinski definition) is 2. The molecule has 0 spiro atoms. The first-order valence-corrected chi connectivity index (χ1v) is 6.69. The molecule has 1 aromatic carbocycles. The molecule has 1 rings (SSSR count). The number of hydrogen-bond acceptors (Lipinski definition) is 2. The summed E-state index contributed by atoms with van der Waals surface area (Å²) in [5.74, 6) is -0.588. The van der Waals surface area contributed by atoms with E-state index in [9.17, 15) is 9.59 Å². The number of rotatable bonds is 6. The topological polar surface area (TPSA) is 58.2 Å². The molecule has 0 radical (unpaired) electrons. The fraction of sp³-hybridized carbons (Fsp3) is 0.467. The van der Waals surface area contributed by atoms with Gasteiger partial charge >= 0.3 is 11.8 Å². The normalized spacial score (nSPS) is 10.3. The number of nitrogens with one attached hydrogen (secondary N) is 2. The number of carbonyl (C=O) groups is 2. The first-order valence-electron chi connectivity index (χ1n) is 6.69. The zero-order valence-electron chi connectivity index (χ0n) is 11.6. The number of benzene rings is 1. The summed E-state index contributed by atoms with van der Waals surface area (Å²) in [6, 6.07) is 9.85. The van der Waals surface area contributed by atoms with Crippen molar-refractivity contribution in [2.24, 2.45) is 5.92 Å². The van der Waals surface area contributed by atoms with Crippen LogP contribution in [0.15, 0.2) is 30.3 Å². The van der Waals surface area contributed by atoms with Crippen molar-refractivity contribution in [1.29, 1.82) is 0 Å². The predicted octanol–water partition coefficient (Wildman–Crippen LogP) is 1.51. The molecule has 0 heterocycles. The van der Waals surface area contributed by atoms with E-state index in [0.717, 1.165) is 18.4 Å². The van der Waals surface area contributed by atoms with E-state index in [2.05, 4.69) is 24.5 Å². The Morgan fingerprint density at radius 2 is 1.58 bits per heavy atom. The molecular weight excluding hydrogens is 240 g/mol. The van der Waals surface area contributed by atoms with E-state index >= 15 is 0 Å². The van der Waals surface area contributed by atoms with Gasteiger partial charge in [0, 0.05) is 13.1 Å². The molecule has 2 N–H and O–H groups in total. The largest absolute Gasteiger partial charge is 0.348 e. The Balaban J connectivity index is 2.18. The van der Waals surface area contributed by atoms with Crippen LogP contribution in [0.5, 0.6) is 0 Å². The minimum absolute atomic E-state index is 0.473. The van der Waals surface area contributed by atoms with Gasteiger partial charge in [-0.3, -0.25) is 9.59 Å². The summed E-state index contributed by atoms with van der Waals surface area (Å²) >= 11 is 0. The Kier molecular flexibility index (Phi) is 6.64. The maximum absolute atomic E-state index is 11.5. The maximum atomic E-state index is 11.5. The molecule has 0 aliphatic rings. The van der Waals surface area contributed by atoms with E-state index in [1.165, 1.54) is 0 Å². The summed E-state index contributed by atoms with van der Waals surface area (Å²) < 4.78 is 0. The molecule has 0 fully saturated rings. The van der Waals surface area contributed by atoms with Crippen molar-refractivity contribution in [2.45, 2.75) is 26.7 Å². The van der Waals surface area contributed by atoms with Gasteiger partial charge in [0.25, 0.3) is 0 Å². The third-order valence-electron chi connectivity index (χ3n) is 2.76. The first kappa shape index (κ1) is 15.2. The second-order valence-electron chi connectivity index (χ2n) is 4.93. The Hall–Kier alpha value is -1.84. The van der Waals surface area contributed by atoms with Crippen LogP contribution in [0, 0.1) is 5.92 Å². The van der Waals surface area contributed by atoms with Crippen molar-refractivity contribution in [2.75, 3.05) is 13.1 Å². The van der Waals surface area contributed by atoms with Crippen LogP contribution >= 0.6 is 0 Å². The maximum Gasteiger partial charge on any atom is 0.309 e. The molecule has 104 valence electrons. The molecule has 0 atom stereocenters. The second kappa shape index (κ2) is 8.29. The summed E-state index contributed by atoms with van der Waals surface area (Å²) in [6.07, 6.45) is 1.61. The van der Waals surface area contributed by atoms with Gasteiger partial charge in [0.1, 0.15) is 0 Å². The molecule has 19 heavy (non-hydrogen) atoms. The van der Waals surface area contributed by atoms with Crippen molar-refractivity contribution >= 4 is 11.8 Å². The highest BCUT2D eigenvalue weighted by atomic mass is 16.2. The molecule has 0 saturated heterocycles. The van der Waals surface area contributed by atoms with Crippen LogP contribution in [0.2, 0.25) is 0 Å². The molecular formula is C15H22N2O2. The lowest BCUT2D eigenvalue weighted by Gasteiger charge is -2.07. The zero-order chi connectivity index (χ0) is 14.1. The summed E-state index contributed by atoms with van der Waals surface area (Å²) in [5, 5.41) is 5.23. The van der Waals surface area contributed by atoms with Gasteiger partial charge in [-0.05, 0) is 24.3 Å². The average Bonchev–Trinajstić information content (AvgIpc) is 2.39. The zero-order valence-corrected chi connectivity index (χ0v) is 11.6. The standard InChI is InChI=1S/C15H22N2O2/c1-12(2)8-10-16-14(18)15(19)17-11-9-13-6-4-3-5-7-13/h3-7,12H,8-11H2,1-2H3,(H,16,18)(H,17,19). The number of amides is 2. The second-order valence-corrected chi connectivity index (χ2v) is 4.93. The van der Waals surface area contributed by atoms with Crippen molar-refractivity contribution < 1.29 is 9.59 Å². The fourth-order valence-corrected chi connectivity index (χ4v) is 1.60. The lowest BCUT2D eigenvalue weighted by molar-refractivity contribution is -0.139. The van der Waals surface area contributed by atoms with Gasteiger partial charge in [-0.15, -0.1) is 0 Å². The highest BCUT2D eigenvalue weighted by Gasteiger charge is 2.11. The van der Waals surface area contributed by atoms with Crippen LogP contribution < -0.4 is 10.6 Å². The van der Waals surface area contributed by atoms with Crippen LogP contribution in [0.3, 0.4) is 0 Å². The molecule has 2 amide bonds. The van der Waals surface area contributed by atoms with E-state index < -0.39 is 11.8 Å². The van der Waals surface area contributed by atoms with Gasteiger partial charge in [0.2, 0.25) is 0 Å². The average molecular weight is 262 g/mol. The van der Waals surface area contributed by atoms with Gasteiger partial charge in [0.05, 0.1) is 0 Å². The number of carbonyl (C=O) groups excluding carboxylic acids is 2. The van der Waals surface area contributed by atoms with E-state index in [1.54, 1.807) is 0 Å². The van der Waals surface area contributed by atoms with E-state index in [4.69, 9.17) is 0 Å². The van der Waals surface area contributed by atoms with Crippen LogP contribution in [0.1, 0.15) is 25.8 Å². The lowest BCUT2D eigenvalue weighted by Crippen LogP contribution is -2.41. The van der Waals surface area contributed by atoms with Crippen molar-refractivity contribution in [3.8, 4) is 0 Å². The quantitative estimate of drug-likeness (QED) is 0.763. The summed E-state index contributed by atoms with van der Waals surface area (Å²) in [4.78, 5) is 22.9. The molecule has 1 aromatic rings. The smallest absolute Gasteiger partial charge is 0.309 e. The van der Waals surface area contributed by atoms with Crippen molar-refractivity contribution in [3.63, 3.8) is 0 Å². The van der Waals surface area contributed by atoms with Crippen molar-refractivity contribution in [1.82, 2.24) is 10.6 Å². The van der Waals surface area contributed by atoms with Crippen molar-refractivity contribution in [3.05, 3.63) is 35.9 Å². The Morgan fingerprint density at radius 1 is 1.00 bits per heavy atom. The molecule has 0 saturated carbocycles. The van der Waals surface area contributed by atoms with Crippen LogP contribution in [0.25, 0.3) is 0 Å². The van der Waals surface area contributed by atoms with Crippen LogP contribution in [-0.2, 0) is 16.0 Å². The Labute approximate surface area is 114 Å². The third-order valence-corrected chi connectivity index (χ3v) is 2.76. The Bertz CT molecular complexity index is 402. The summed E-state index contributed by atoms with van der Waals surface area (Å²) in [5.41, 5.74) is 1.14. The van der Waals surface area contributed by atoms with Crippen LogP contribution in [-0.4, -0.2) is 24.9 Å². The first-order chi connectivity index (χ1) is 9.09. The van der Waals surface area contributed by atoms with Gasteiger partial charge in [-0.25, -0.2) is 0 Å². The van der Waals surface area contributed by atoms with E-state index in [-0.39, 0.29) is 0 Å². The molecule has 0 aliphatic carbocycles. The van der Waals surface area contributed by atoms with Gasteiger partial charge in [0.15, 0.2) is 0 Å². The predicted molar refractivity (Wildman–Crippen MR) is 75.6 cm³/mol. The summed E-state index contributed by atoms with van der Waals surface area (Å²) in [7, 11) is 0. The minimum atomic E-state index is -0.556.